The minimum atomic E-state index is -0.155. The molecule has 4 aromatic carbocycles. The molecule has 0 aliphatic heterocycles. The second kappa shape index (κ2) is 9.13. The normalized spacial score (nSPS) is 12.0. The number of aromatic nitrogens is 1. The highest BCUT2D eigenvalue weighted by Gasteiger charge is 2.18. The van der Waals surface area contributed by atoms with Gasteiger partial charge < -0.3 is 9.88 Å². The maximum atomic E-state index is 13.3. The van der Waals surface area contributed by atoms with E-state index >= 15 is 0 Å². The van der Waals surface area contributed by atoms with E-state index in [0.717, 1.165) is 22.2 Å². The molecule has 1 atom stereocenters. The van der Waals surface area contributed by atoms with Crippen molar-refractivity contribution in [3.8, 4) is 0 Å². The Labute approximate surface area is 192 Å². The lowest BCUT2D eigenvalue weighted by molar-refractivity contribution is -0.122. The van der Waals surface area contributed by atoms with Crippen molar-refractivity contribution in [1.29, 1.82) is 0 Å². The first-order chi connectivity index (χ1) is 16.2. The summed E-state index contributed by atoms with van der Waals surface area (Å²) in [5.41, 5.74) is 3.73. The van der Waals surface area contributed by atoms with Crippen molar-refractivity contribution >= 4 is 27.7 Å². The average molecular weight is 433 g/mol. The molecule has 0 fully saturated rings. The number of rotatable bonds is 6. The fraction of sp³-hybridized carbons (Fsp3) is 0.103. The van der Waals surface area contributed by atoms with Gasteiger partial charge in [0.15, 0.2) is 5.43 Å². The summed E-state index contributed by atoms with van der Waals surface area (Å²) in [5, 5.41) is 4.47. The first-order valence-electron chi connectivity index (χ1n) is 11.1. The van der Waals surface area contributed by atoms with E-state index in [1.54, 1.807) is 0 Å². The van der Waals surface area contributed by atoms with Crippen molar-refractivity contribution in [3.63, 3.8) is 0 Å². The number of amides is 1. The molecule has 1 N–H and O–H groups in total. The molecule has 33 heavy (non-hydrogen) atoms. The zero-order valence-electron chi connectivity index (χ0n) is 18.1. The van der Waals surface area contributed by atoms with Crippen LogP contribution in [0.2, 0.25) is 0 Å². The Morgan fingerprint density at radius 3 is 1.82 bits per heavy atom. The molecule has 0 bridgehead atoms. The van der Waals surface area contributed by atoms with E-state index in [9.17, 15) is 9.59 Å². The number of nitrogens with one attached hydrogen (secondary N) is 1. The van der Waals surface area contributed by atoms with Crippen molar-refractivity contribution in [1.82, 2.24) is 9.88 Å². The molecule has 5 aromatic rings. The minimum Gasteiger partial charge on any atom is -0.347 e. The smallest absolute Gasteiger partial charge is 0.240 e. The Kier molecular flexibility index (Phi) is 5.73. The molecule has 0 saturated carbocycles. The number of carbonyl (C=O) groups excluding carboxylic acids is 1. The topological polar surface area (TPSA) is 51.1 Å². The third kappa shape index (κ3) is 4.28. The Morgan fingerprint density at radius 1 is 0.697 bits per heavy atom. The number of hydrogen-bond donors (Lipinski definition) is 1. The maximum Gasteiger partial charge on any atom is 0.240 e. The molecular formula is C29H24N2O2. The number of hydrogen-bond acceptors (Lipinski definition) is 2. The lowest BCUT2D eigenvalue weighted by Crippen LogP contribution is -2.33. The fourth-order valence-electron chi connectivity index (χ4n) is 4.42. The maximum absolute atomic E-state index is 13.3. The molecule has 4 heteroatoms. The molecule has 0 unspecified atom stereocenters. The predicted molar refractivity (Wildman–Crippen MR) is 133 cm³/mol. The number of benzene rings is 4. The van der Waals surface area contributed by atoms with Gasteiger partial charge in [0.1, 0.15) is 6.54 Å². The summed E-state index contributed by atoms with van der Waals surface area (Å²) in [6, 6.07) is 35.0. The van der Waals surface area contributed by atoms with Crippen LogP contribution in [0.3, 0.4) is 0 Å². The van der Waals surface area contributed by atoms with Crippen LogP contribution in [-0.4, -0.2) is 10.5 Å². The van der Waals surface area contributed by atoms with Gasteiger partial charge in [-0.2, -0.15) is 0 Å². The second-order valence-electron chi connectivity index (χ2n) is 8.17. The molecular weight excluding hydrogens is 408 g/mol. The van der Waals surface area contributed by atoms with Gasteiger partial charge >= 0.3 is 0 Å². The highest BCUT2D eigenvalue weighted by Crippen LogP contribution is 2.21. The van der Waals surface area contributed by atoms with Crippen LogP contribution >= 0.6 is 0 Å². The summed E-state index contributed by atoms with van der Waals surface area (Å²) in [4.78, 5) is 26.3. The van der Waals surface area contributed by atoms with Crippen LogP contribution in [0.25, 0.3) is 21.8 Å². The van der Waals surface area contributed by atoms with Crippen LogP contribution < -0.4 is 10.7 Å². The Hall–Kier alpha value is -4.18. The summed E-state index contributed by atoms with van der Waals surface area (Å²) in [7, 11) is 0. The summed E-state index contributed by atoms with van der Waals surface area (Å²) >= 11 is 0. The van der Waals surface area contributed by atoms with Crippen LogP contribution in [0, 0.1) is 0 Å². The zero-order valence-corrected chi connectivity index (χ0v) is 18.1. The van der Waals surface area contributed by atoms with Gasteiger partial charge in [-0.15, -0.1) is 0 Å². The summed E-state index contributed by atoms with van der Waals surface area (Å²) in [6.45, 7) is 0.124. The SMILES string of the molecule is O=C(Cn1c2ccccc2c(=O)c2ccccc21)N[C@H](Cc1ccccc1)c1ccccc1. The van der Waals surface area contributed by atoms with E-state index in [0.29, 0.717) is 17.2 Å². The van der Waals surface area contributed by atoms with Crippen molar-refractivity contribution in [2.45, 2.75) is 19.0 Å². The molecule has 0 radical (unpaired) electrons. The molecule has 1 aromatic heterocycles. The highest BCUT2D eigenvalue weighted by molar-refractivity contribution is 5.94. The average Bonchev–Trinajstić information content (AvgIpc) is 2.87. The first-order valence-corrected chi connectivity index (χ1v) is 11.1. The van der Waals surface area contributed by atoms with Crippen LogP contribution in [0.5, 0.6) is 0 Å². The molecule has 5 rings (SSSR count). The van der Waals surface area contributed by atoms with Gasteiger partial charge in [0.25, 0.3) is 0 Å². The van der Waals surface area contributed by atoms with E-state index in [1.807, 2.05) is 102 Å². The van der Waals surface area contributed by atoms with Gasteiger partial charge in [0, 0.05) is 10.8 Å². The van der Waals surface area contributed by atoms with Gasteiger partial charge in [-0.1, -0.05) is 84.9 Å². The largest absolute Gasteiger partial charge is 0.347 e. The fourth-order valence-corrected chi connectivity index (χ4v) is 4.42. The zero-order chi connectivity index (χ0) is 22.6. The highest BCUT2D eigenvalue weighted by atomic mass is 16.2. The Balaban J connectivity index is 1.50. The van der Waals surface area contributed by atoms with Gasteiger partial charge in [-0.25, -0.2) is 0 Å². The molecule has 1 heterocycles. The van der Waals surface area contributed by atoms with Crippen LogP contribution in [0.1, 0.15) is 17.2 Å². The number of carbonyl (C=O) groups is 1. The third-order valence-electron chi connectivity index (χ3n) is 6.00. The van der Waals surface area contributed by atoms with Crippen molar-refractivity contribution in [3.05, 3.63) is 131 Å². The second-order valence-corrected chi connectivity index (χ2v) is 8.17. The summed E-state index contributed by atoms with van der Waals surface area (Å²) in [6.07, 6.45) is 0.697. The summed E-state index contributed by atoms with van der Waals surface area (Å²) < 4.78 is 1.94. The van der Waals surface area contributed by atoms with Gasteiger partial charge in [-0.3, -0.25) is 9.59 Å². The molecule has 1 amide bonds. The molecule has 0 aliphatic rings. The van der Waals surface area contributed by atoms with Gasteiger partial charge in [-0.05, 0) is 41.8 Å². The molecule has 0 aliphatic carbocycles. The van der Waals surface area contributed by atoms with Crippen molar-refractivity contribution in [2.75, 3.05) is 0 Å². The first kappa shape index (κ1) is 20.7. The molecule has 4 nitrogen and oxygen atoms in total. The molecule has 162 valence electrons. The van der Waals surface area contributed by atoms with Crippen molar-refractivity contribution in [2.24, 2.45) is 0 Å². The van der Waals surface area contributed by atoms with Crippen LogP contribution in [0.15, 0.2) is 114 Å². The van der Waals surface area contributed by atoms with E-state index in [1.165, 1.54) is 0 Å². The Bertz CT molecular complexity index is 1410. The standard InChI is InChI=1S/C29H24N2O2/c32-28(30-25(22-13-5-2-6-14-22)19-21-11-3-1-4-12-21)20-31-26-17-9-7-15-23(26)29(33)24-16-8-10-18-27(24)31/h1-18,25H,19-20H2,(H,30,32)/t25-/m1/s1. The predicted octanol–water partition coefficient (Wildman–Crippen LogP) is 5.25. The number of para-hydroxylation sites is 2. The lowest BCUT2D eigenvalue weighted by atomic mass is 9.99. The minimum absolute atomic E-state index is 0.0101. The lowest BCUT2D eigenvalue weighted by Gasteiger charge is -2.21. The third-order valence-corrected chi connectivity index (χ3v) is 6.00. The van der Waals surface area contributed by atoms with Gasteiger partial charge in [0.2, 0.25) is 5.91 Å². The number of nitrogens with zero attached hydrogens (tertiary/aromatic N) is 1. The van der Waals surface area contributed by atoms with Gasteiger partial charge in [0.05, 0.1) is 17.1 Å². The molecule has 0 saturated heterocycles. The van der Waals surface area contributed by atoms with E-state index < -0.39 is 0 Å². The molecule has 0 spiro atoms. The summed E-state index contributed by atoms with van der Waals surface area (Å²) in [5.74, 6) is -0.0984. The van der Waals surface area contributed by atoms with Crippen LogP contribution in [0.4, 0.5) is 0 Å². The van der Waals surface area contributed by atoms with Crippen molar-refractivity contribution < 1.29 is 4.79 Å². The van der Waals surface area contributed by atoms with E-state index in [2.05, 4.69) is 17.4 Å². The van der Waals surface area contributed by atoms with E-state index in [-0.39, 0.29) is 23.9 Å². The monoisotopic (exact) mass is 432 g/mol. The number of fused-ring (bicyclic) bond motifs is 2. The quantitative estimate of drug-likeness (QED) is 0.372. The Morgan fingerprint density at radius 2 is 1.21 bits per heavy atom. The van der Waals surface area contributed by atoms with E-state index in [4.69, 9.17) is 0 Å². The number of pyridine rings is 1. The van der Waals surface area contributed by atoms with Crippen LogP contribution in [-0.2, 0) is 17.8 Å².